The fourth-order valence-electron chi connectivity index (χ4n) is 7.81. The van der Waals surface area contributed by atoms with Gasteiger partial charge in [-0.1, -0.05) is 11.6 Å². The Kier molecular flexibility index (Phi) is 16.9. The molecule has 6 heterocycles. The number of aliphatic hydroxyl groups is 1. The molecule has 1 aliphatic carbocycles. The van der Waals surface area contributed by atoms with Crippen LogP contribution in [-0.2, 0) is 38.5 Å². The van der Waals surface area contributed by atoms with Crippen molar-refractivity contribution < 1.29 is 37.2 Å². The molecule has 0 saturated carbocycles. The first-order valence-corrected chi connectivity index (χ1v) is 21.9. The number of hydrogen-bond acceptors (Lipinski definition) is 7. The molecule has 4 aliphatic heterocycles. The van der Waals surface area contributed by atoms with Crippen molar-refractivity contribution >= 4 is 39.0 Å². The van der Waals surface area contributed by atoms with Crippen LogP contribution in [0.1, 0.15) is 47.5 Å². The molecular formula is C48H62ClF3N4O5. The lowest BCUT2D eigenvalue weighted by Gasteiger charge is -2.29. The van der Waals surface area contributed by atoms with Crippen LogP contribution in [0.25, 0.3) is 27.4 Å². The lowest BCUT2D eigenvalue weighted by Crippen LogP contribution is -2.42. The lowest BCUT2D eigenvalue weighted by atomic mass is 10.1. The van der Waals surface area contributed by atoms with Gasteiger partial charge in [0.05, 0.1) is 76.9 Å². The summed E-state index contributed by atoms with van der Waals surface area (Å²) in [6, 6.07) is 14.9. The van der Waals surface area contributed by atoms with E-state index in [0.29, 0.717) is 31.2 Å². The van der Waals surface area contributed by atoms with Gasteiger partial charge in [-0.15, -0.1) is 11.6 Å². The zero-order chi connectivity index (χ0) is 43.6. The van der Waals surface area contributed by atoms with Gasteiger partial charge < -0.3 is 38.5 Å². The number of β-amino-alcohol motifs (C(OH)–C–C–N with tert-alkyl or cyclic N) is 1. The predicted molar refractivity (Wildman–Crippen MR) is 238 cm³/mol. The fraction of sp³-hybridized carbons (Fsp3) is 0.500. The molecule has 13 heteroatoms. The number of ether oxygens (including phenoxy) is 4. The summed E-state index contributed by atoms with van der Waals surface area (Å²) >= 11 is 5.27. The molecule has 5 aliphatic rings. The number of morpholine rings is 2. The first-order chi connectivity index (χ1) is 29.3. The van der Waals surface area contributed by atoms with E-state index in [-0.39, 0.29) is 17.5 Å². The van der Waals surface area contributed by atoms with Gasteiger partial charge in [-0.3, -0.25) is 4.90 Å². The summed E-state index contributed by atoms with van der Waals surface area (Å²) in [5.74, 6) is 0.139. The van der Waals surface area contributed by atoms with E-state index in [4.69, 9.17) is 30.5 Å². The first kappa shape index (κ1) is 46.8. The van der Waals surface area contributed by atoms with Gasteiger partial charge in [0.25, 0.3) is 0 Å². The maximum absolute atomic E-state index is 13.5. The number of epoxide rings is 2. The minimum Gasteiger partial charge on any atom is -0.390 e. The smallest absolute Gasteiger partial charge is 0.123 e. The summed E-state index contributed by atoms with van der Waals surface area (Å²) in [7, 11) is 0. The van der Waals surface area contributed by atoms with Crippen molar-refractivity contribution in [3.8, 4) is 0 Å². The number of aliphatic hydroxyl groups excluding tert-OH is 1. The van der Waals surface area contributed by atoms with Gasteiger partial charge in [-0.25, -0.2) is 13.2 Å². The lowest BCUT2D eigenvalue weighted by molar-refractivity contribution is 0.0116. The Morgan fingerprint density at radius 3 is 1.74 bits per heavy atom. The van der Waals surface area contributed by atoms with E-state index >= 15 is 0 Å². The monoisotopic (exact) mass is 866 g/mol. The van der Waals surface area contributed by atoms with Crippen LogP contribution in [0.5, 0.6) is 0 Å². The van der Waals surface area contributed by atoms with Crippen LogP contribution in [0.4, 0.5) is 13.2 Å². The number of nitrogens with one attached hydrogen (secondary N) is 1. The first-order valence-electron chi connectivity index (χ1n) is 21.3. The standard InChI is InChI=1S/C17H23FN2O2.C13H14FNO.C11H11F.C4H9NO.C3H5ClO/c1-12-13(2)20(17-4-3-14(18)9-16(12)17)11-15(21)10-19-5-7-22-8-6-19;1-8-9(2)15(6-11-7-16-11)13-4-3-10(14)5-12(8)13;1-7-5-9-3-4-10(12)6-11(9)8(7)2;1-3-6-4-2-5-1;4-1-3-2-5-3/h3-4,9,15,21H,5-8,10-11H2,1-2H3;3-5,11H,6-7H2,1-2H3;3-4,6H,5H2,1-2H3;5H,1-4H2;3H,1-2H2. The molecule has 10 rings (SSSR count). The van der Waals surface area contributed by atoms with Crippen molar-refractivity contribution in [2.75, 3.05) is 78.2 Å². The number of aryl methyl sites for hydroxylation is 2. The van der Waals surface area contributed by atoms with E-state index in [1.54, 1.807) is 24.3 Å². The van der Waals surface area contributed by atoms with Crippen LogP contribution in [-0.4, -0.2) is 116 Å². The highest BCUT2D eigenvalue weighted by atomic mass is 35.5. The second-order valence-corrected chi connectivity index (χ2v) is 16.7. The van der Waals surface area contributed by atoms with Crippen molar-refractivity contribution in [2.45, 2.75) is 79.4 Å². The molecule has 2 N–H and O–H groups in total. The van der Waals surface area contributed by atoms with Gasteiger partial charge in [0.15, 0.2) is 0 Å². The quantitative estimate of drug-likeness (QED) is 0.126. The molecule has 3 unspecified atom stereocenters. The average Bonchev–Trinajstić information content (AvgIpc) is 4.21. The minimum absolute atomic E-state index is 0.136. The molecule has 0 amide bonds. The molecule has 3 aromatic carbocycles. The second-order valence-electron chi connectivity index (χ2n) is 16.3. The number of alkyl halides is 1. The summed E-state index contributed by atoms with van der Waals surface area (Å²) < 4.78 is 64.1. The summed E-state index contributed by atoms with van der Waals surface area (Å²) in [6.45, 7) is 23.1. The zero-order valence-corrected chi connectivity index (χ0v) is 37.2. The van der Waals surface area contributed by atoms with Crippen molar-refractivity contribution in [3.05, 3.63) is 111 Å². The van der Waals surface area contributed by atoms with E-state index in [9.17, 15) is 18.3 Å². The largest absolute Gasteiger partial charge is 0.390 e. The molecule has 4 fully saturated rings. The third-order valence-corrected chi connectivity index (χ3v) is 12.3. The number of halogens is 4. The van der Waals surface area contributed by atoms with Gasteiger partial charge in [0.2, 0.25) is 0 Å². The van der Waals surface area contributed by atoms with Gasteiger partial charge in [0, 0.05) is 65.9 Å². The van der Waals surface area contributed by atoms with E-state index in [1.807, 2.05) is 32.9 Å². The number of rotatable bonds is 7. The Bertz CT molecular complexity index is 2250. The van der Waals surface area contributed by atoms with E-state index in [0.717, 1.165) is 123 Å². The Labute approximate surface area is 363 Å². The highest BCUT2D eigenvalue weighted by Gasteiger charge is 2.25. The maximum atomic E-state index is 13.5. The Morgan fingerprint density at radius 1 is 0.705 bits per heavy atom. The molecular weight excluding hydrogens is 805 g/mol. The molecule has 332 valence electrons. The predicted octanol–water partition coefficient (Wildman–Crippen LogP) is 8.29. The molecule has 2 aromatic heterocycles. The van der Waals surface area contributed by atoms with Gasteiger partial charge in [-0.2, -0.15) is 0 Å². The SMILES string of the molecule is C1COCCN1.CC1=C(C)c2cc(F)ccc2C1.Cc1c(C)n(CC(O)CN2CCOCC2)c2ccc(F)cc12.Cc1c(C)n(CC2CO2)c2ccc(F)cc12.ClCC1CO1. The molecule has 0 radical (unpaired) electrons. The van der Waals surface area contributed by atoms with Crippen LogP contribution in [0, 0.1) is 45.1 Å². The van der Waals surface area contributed by atoms with Gasteiger partial charge >= 0.3 is 0 Å². The van der Waals surface area contributed by atoms with Crippen molar-refractivity contribution in [1.29, 1.82) is 0 Å². The van der Waals surface area contributed by atoms with Crippen LogP contribution in [0.3, 0.4) is 0 Å². The summed E-state index contributed by atoms with van der Waals surface area (Å²) in [6.07, 6.45) is 1.29. The third kappa shape index (κ3) is 12.9. The number of allylic oxidation sites excluding steroid dienone is 2. The van der Waals surface area contributed by atoms with E-state index in [1.165, 1.54) is 40.6 Å². The Balaban J connectivity index is 0.000000139. The van der Waals surface area contributed by atoms with Crippen molar-refractivity contribution in [2.24, 2.45) is 0 Å². The maximum Gasteiger partial charge on any atom is 0.123 e. The highest BCUT2D eigenvalue weighted by Crippen LogP contribution is 2.32. The molecule has 61 heavy (non-hydrogen) atoms. The number of aromatic nitrogens is 2. The normalized spacial score (nSPS) is 19.7. The number of benzene rings is 3. The van der Waals surface area contributed by atoms with Crippen LogP contribution in [0.15, 0.2) is 60.2 Å². The molecule has 9 nitrogen and oxygen atoms in total. The molecule has 3 atom stereocenters. The van der Waals surface area contributed by atoms with E-state index < -0.39 is 6.10 Å². The van der Waals surface area contributed by atoms with Gasteiger partial charge in [-0.05, 0) is 124 Å². The molecule has 0 spiro atoms. The highest BCUT2D eigenvalue weighted by molar-refractivity contribution is 6.18. The van der Waals surface area contributed by atoms with Crippen molar-refractivity contribution in [3.63, 3.8) is 0 Å². The van der Waals surface area contributed by atoms with Crippen LogP contribution in [0.2, 0.25) is 0 Å². The van der Waals surface area contributed by atoms with Crippen LogP contribution >= 0.6 is 11.6 Å². The summed E-state index contributed by atoms with van der Waals surface area (Å²) in [5, 5.41) is 15.5. The Morgan fingerprint density at radius 2 is 1.23 bits per heavy atom. The van der Waals surface area contributed by atoms with Crippen molar-refractivity contribution in [1.82, 2.24) is 19.4 Å². The number of fused-ring (bicyclic) bond motifs is 3. The number of hydrogen-bond donors (Lipinski definition) is 2. The fourth-order valence-corrected chi connectivity index (χ4v) is 7.99. The average molecular weight is 867 g/mol. The summed E-state index contributed by atoms with van der Waals surface area (Å²) in [4.78, 5) is 2.22. The zero-order valence-electron chi connectivity index (χ0n) is 36.5. The summed E-state index contributed by atoms with van der Waals surface area (Å²) in [5.41, 5.74) is 11.6. The minimum atomic E-state index is -0.447. The Hall–Kier alpha value is -3.72. The van der Waals surface area contributed by atoms with Crippen LogP contribution < -0.4 is 5.32 Å². The van der Waals surface area contributed by atoms with E-state index in [2.05, 4.69) is 40.1 Å². The third-order valence-electron chi connectivity index (χ3n) is 11.9. The second kappa shape index (κ2) is 22.1. The molecule has 0 bridgehead atoms. The molecule has 5 aromatic rings. The molecule has 4 saturated heterocycles. The topological polar surface area (TPSA) is 88.9 Å². The van der Waals surface area contributed by atoms with Gasteiger partial charge in [0.1, 0.15) is 17.5 Å². The number of nitrogens with zero attached hydrogens (tertiary/aromatic N) is 3.